The van der Waals surface area contributed by atoms with Crippen LogP contribution in [0.4, 0.5) is 11.5 Å². The molecular weight excluding hydrogens is 376 g/mol. The Balaban J connectivity index is 1.62. The SMILES string of the molecule is CN(C)c1ccc(CN=CC2C(=O)N(c3ccccn3)C(=O)c3ccccc32)cc1. The van der Waals surface area contributed by atoms with E-state index < -0.39 is 5.92 Å². The van der Waals surface area contributed by atoms with Crippen LogP contribution in [0.5, 0.6) is 0 Å². The van der Waals surface area contributed by atoms with Crippen molar-refractivity contribution in [3.8, 4) is 0 Å². The maximum atomic E-state index is 13.2. The molecule has 2 amide bonds. The highest BCUT2D eigenvalue weighted by atomic mass is 16.2. The Morgan fingerprint density at radius 3 is 2.43 bits per heavy atom. The Morgan fingerprint density at radius 1 is 1.00 bits per heavy atom. The predicted molar refractivity (Wildman–Crippen MR) is 118 cm³/mol. The van der Waals surface area contributed by atoms with Crippen molar-refractivity contribution in [3.63, 3.8) is 0 Å². The van der Waals surface area contributed by atoms with Gasteiger partial charge in [-0.15, -0.1) is 0 Å². The largest absolute Gasteiger partial charge is 0.378 e. The Labute approximate surface area is 175 Å². The zero-order valence-corrected chi connectivity index (χ0v) is 16.9. The molecule has 0 fully saturated rings. The van der Waals surface area contributed by atoms with Gasteiger partial charge < -0.3 is 4.90 Å². The molecule has 4 rings (SSSR count). The highest BCUT2D eigenvalue weighted by Crippen LogP contribution is 2.31. The minimum Gasteiger partial charge on any atom is -0.378 e. The van der Waals surface area contributed by atoms with Crippen LogP contribution in [0.2, 0.25) is 0 Å². The molecule has 2 heterocycles. The maximum Gasteiger partial charge on any atom is 0.266 e. The van der Waals surface area contributed by atoms with Crippen molar-refractivity contribution in [1.82, 2.24) is 4.98 Å². The van der Waals surface area contributed by atoms with Gasteiger partial charge in [-0.3, -0.25) is 14.6 Å². The molecule has 0 aliphatic carbocycles. The van der Waals surface area contributed by atoms with Crippen molar-refractivity contribution in [3.05, 3.63) is 89.6 Å². The summed E-state index contributed by atoms with van der Waals surface area (Å²) in [5.41, 5.74) is 3.33. The quantitative estimate of drug-likeness (QED) is 0.486. The van der Waals surface area contributed by atoms with E-state index in [1.165, 1.54) is 0 Å². The van der Waals surface area contributed by atoms with Gasteiger partial charge in [0.15, 0.2) is 0 Å². The average molecular weight is 398 g/mol. The van der Waals surface area contributed by atoms with Crippen LogP contribution in [0.1, 0.15) is 27.4 Å². The van der Waals surface area contributed by atoms with Crippen LogP contribution in [-0.4, -0.2) is 37.1 Å². The Morgan fingerprint density at radius 2 is 1.73 bits per heavy atom. The minimum atomic E-state index is -0.637. The molecular formula is C24H22N4O2. The molecule has 1 unspecified atom stereocenters. The first-order chi connectivity index (χ1) is 14.6. The zero-order valence-electron chi connectivity index (χ0n) is 16.9. The molecule has 1 atom stereocenters. The molecule has 3 aromatic rings. The summed E-state index contributed by atoms with van der Waals surface area (Å²) in [6.45, 7) is 0.456. The van der Waals surface area contributed by atoms with E-state index in [2.05, 4.69) is 9.98 Å². The van der Waals surface area contributed by atoms with E-state index in [4.69, 9.17) is 0 Å². The van der Waals surface area contributed by atoms with Crippen LogP contribution in [0, 0.1) is 0 Å². The number of hydrogen-bond donors (Lipinski definition) is 0. The molecule has 30 heavy (non-hydrogen) atoms. The highest BCUT2D eigenvalue weighted by molar-refractivity contribution is 6.28. The second-order valence-electron chi connectivity index (χ2n) is 7.28. The van der Waals surface area contributed by atoms with Gasteiger partial charge in [0.05, 0.1) is 12.5 Å². The van der Waals surface area contributed by atoms with Crippen LogP contribution in [-0.2, 0) is 11.3 Å². The summed E-state index contributed by atoms with van der Waals surface area (Å²) in [7, 11) is 3.99. The van der Waals surface area contributed by atoms with Gasteiger partial charge in [-0.2, -0.15) is 0 Å². The van der Waals surface area contributed by atoms with Crippen molar-refractivity contribution in [1.29, 1.82) is 0 Å². The predicted octanol–water partition coefficient (Wildman–Crippen LogP) is 3.69. The van der Waals surface area contributed by atoms with Gasteiger partial charge in [0.25, 0.3) is 5.91 Å². The Kier molecular flexibility index (Phi) is 5.39. The number of aliphatic imine (C=N–C) groups is 1. The van der Waals surface area contributed by atoms with Crippen LogP contribution in [0.3, 0.4) is 0 Å². The third kappa shape index (κ3) is 3.72. The van der Waals surface area contributed by atoms with Gasteiger partial charge in [0.1, 0.15) is 5.82 Å². The smallest absolute Gasteiger partial charge is 0.266 e. The summed E-state index contributed by atoms with van der Waals surface area (Å²) in [5, 5.41) is 0. The zero-order chi connectivity index (χ0) is 21.1. The van der Waals surface area contributed by atoms with Crippen LogP contribution in [0.25, 0.3) is 0 Å². The third-order valence-corrected chi connectivity index (χ3v) is 5.08. The van der Waals surface area contributed by atoms with E-state index in [0.29, 0.717) is 23.5 Å². The number of anilines is 2. The van der Waals surface area contributed by atoms with E-state index in [0.717, 1.165) is 16.2 Å². The van der Waals surface area contributed by atoms with Crippen LogP contribution in [0.15, 0.2) is 77.9 Å². The molecule has 1 aliphatic heterocycles. The molecule has 0 spiro atoms. The van der Waals surface area contributed by atoms with Crippen molar-refractivity contribution < 1.29 is 9.59 Å². The molecule has 0 bridgehead atoms. The summed E-state index contributed by atoms with van der Waals surface area (Å²) < 4.78 is 0. The fraction of sp³-hybridized carbons (Fsp3) is 0.167. The van der Waals surface area contributed by atoms with Crippen LogP contribution < -0.4 is 9.80 Å². The van der Waals surface area contributed by atoms with Crippen molar-refractivity contribution in [2.75, 3.05) is 23.9 Å². The summed E-state index contributed by atoms with van der Waals surface area (Å²) in [6.07, 6.45) is 3.21. The number of carbonyl (C=O) groups is 2. The standard InChI is InChI=1S/C24H22N4O2/c1-27(2)18-12-10-17(11-13-18)15-25-16-21-19-7-3-4-8-20(19)23(29)28(24(21)30)22-9-5-6-14-26-22/h3-14,16,21H,15H2,1-2H3. The molecule has 6 nitrogen and oxygen atoms in total. The minimum absolute atomic E-state index is 0.319. The van der Waals surface area contributed by atoms with Gasteiger partial charge in [-0.1, -0.05) is 36.4 Å². The number of fused-ring (bicyclic) bond motifs is 1. The van der Waals surface area contributed by atoms with E-state index >= 15 is 0 Å². The molecule has 1 aliphatic rings. The number of carbonyl (C=O) groups excluding carboxylic acids is 2. The lowest BCUT2D eigenvalue weighted by atomic mass is 9.89. The average Bonchev–Trinajstić information content (AvgIpc) is 2.77. The van der Waals surface area contributed by atoms with Gasteiger partial charge in [0, 0.05) is 37.8 Å². The van der Waals surface area contributed by atoms with Crippen molar-refractivity contribution in [2.45, 2.75) is 12.5 Å². The lowest BCUT2D eigenvalue weighted by molar-refractivity contribution is -0.118. The van der Waals surface area contributed by atoms with Crippen molar-refractivity contribution in [2.24, 2.45) is 4.99 Å². The second kappa shape index (κ2) is 8.29. The lowest BCUT2D eigenvalue weighted by Crippen LogP contribution is -2.45. The van der Waals surface area contributed by atoms with E-state index in [1.54, 1.807) is 42.7 Å². The first-order valence-electron chi connectivity index (χ1n) is 9.70. The summed E-state index contributed by atoms with van der Waals surface area (Å²) in [6, 6.07) is 20.4. The van der Waals surface area contributed by atoms with Crippen LogP contribution >= 0.6 is 0 Å². The molecule has 150 valence electrons. The van der Waals surface area contributed by atoms with E-state index in [1.807, 2.05) is 55.4 Å². The molecule has 2 aromatic carbocycles. The first kappa shape index (κ1) is 19.5. The number of imide groups is 1. The molecule has 0 saturated carbocycles. The molecule has 1 aromatic heterocycles. The van der Waals surface area contributed by atoms with E-state index in [9.17, 15) is 9.59 Å². The Hall–Kier alpha value is -3.80. The number of hydrogen-bond acceptors (Lipinski definition) is 5. The topological polar surface area (TPSA) is 65.9 Å². The summed E-state index contributed by atoms with van der Waals surface area (Å²) in [4.78, 5) is 38.1. The molecule has 0 radical (unpaired) electrons. The maximum absolute atomic E-state index is 13.2. The molecule has 0 saturated heterocycles. The first-order valence-corrected chi connectivity index (χ1v) is 9.70. The fourth-order valence-corrected chi connectivity index (χ4v) is 3.47. The number of benzene rings is 2. The Bertz CT molecular complexity index is 1090. The van der Waals surface area contributed by atoms with Gasteiger partial charge >= 0.3 is 0 Å². The fourth-order valence-electron chi connectivity index (χ4n) is 3.47. The summed E-state index contributed by atoms with van der Waals surface area (Å²) >= 11 is 0. The normalized spacial score (nSPS) is 16.1. The van der Waals surface area contributed by atoms with Gasteiger partial charge in [-0.05, 0) is 41.5 Å². The van der Waals surface area contributed by atoms with Crippen molar-refractivity contribution >= 4 is 29.5 Å². The number of amides is 2. The van der Waals surface area contributed by atoms with Gasteiger partial charge in [0.2, 0.25) is 5.91 Å². The third-order valence-electron chi connectivity index (χ3n) is 5.08. The molecule has 0 N–H and O–H groups in total. The van der Waals surface area contributed by atoms with Gasteiger partial charge in [-0.25, -0.2) is 9.88 Å². The molecule has 6 heteroatoms. The second-order valence-corrected chi connectivity index (χ2v) is 7.28. The number of rotatable bonds is 5. The monoisotopic (exact) mass is 398 g/mol. The highest BCUT2D eigenvalue weighted by Gasteiger charge is 2.39. The summed E-state index contributed by atoms with van der Waals surface area (Å²) in [5.74, 6) is -1.02. The number of aromatic nitrogens is 1. The van der Waals surface area contributed by atoms with E-state index in [-0.39, 0.29) is 11.8 Å². The number of nitrogens with zero attached hydrogens (tertiary/aromatic N) is 4. The lowest BCUT2D eigenvalue weighted by Gasteiger charge is -2.30. The number of pyridine rings is 1.